The summed E-state index contributed by atoms with van der Waals surface area (Å²) in [6, 6.07) is 0. The number of carbonyl (C=O) groups excluding carboxylic acids is 1. The van der Waals surface area contributed by atoms with E-state index in [0.717, 1.165) is 0 Å². The van der Waals surface area contributed by atoms with Gasteiger partial charge in [-0.1, -0.05) is 18.0 Å². The Morgan fingerprint density at radius 2 is 2.19 bits per heavy atom. The molecule has 0 saturated carbocycles. The minimum atomic E-state index is -3.41. The number of halogens is 1. The molecule has 1 saturated heterocycles. The molecule has 2 aromatic rings. The Morgan fingerprint density at radius 1 is 1.38 bits per heavy atom. The molecule has 3 heterocycles. The maximum atomic E-state index is 12.1. The Morgan fingerprint density at radius 3 is 2.95 bits per heavy atom. The fourth-order valence-corrected chi connectivity index (χ4v) is 4.31. The van der Waals surface area contributed by atoms with Crippen molar-refractivity contribution in [1.29, 1.82) is 0 Å². The lowest BCUT2D eigenvalue weighted by molar-refractivity contribution is -0.116. The van der Waals surface area contributed by atoms with E-state index in [-0.39, 0.29) is 16.9 Å². The minimum absolute atomic E-state index is 0.0328. The number of aromatic amines is 1. The molecule has 0 aliphatic carbocycles. The van der Waals surface area contributed by atoms with E-state index in [9.17, 15) is 13.2 Å². The zero-order valence-electron chi connectivity index (χ0n) is 10.8. The van der Waals surface area contributed by atoms with Gasteiger partial charge < -0.3 is 4.98 Å². The number of amides is 1. The van der Waals surface area contributed by atoms with Crippen molar-refractivity contribution in [3.05, 3.63) is 11.5 Å². The van der Waals surface area contributed by atoms with Gasteiger partial charge in [-0.15, -0.1) is 0 Å². The van der Waals surface area contributed by atoms with E-state index in [0.29, 0.717) is 30.4 Å². The van der Waals surface area contributed by atoms with E-state index in [1.165, 1.54) is 6.33 Å². The topological polar surface area (TPSA) is 118 Å². The van der Waals surface area contributed by atoms with Crippen LogP contribution in [-0.4, -0.2) is 45.3 Å². The Hall–Kier alpha value is -1.74. The third kappa shape index (κ3) is 2.70. The van der Waals surface area contributed by atoms with E-state index in [1.807, 2.05) is 0 Å². The Kier molecular flexibility index (Phi) is 3.54. The molecule has 8 nitrogen and oxygen atoms in total. The second-order valence-electron chi connectivity index (χ2n) is 4.78. The van der Waals surface area contributed by atoms with Crippen LogP contribution in [0, 0.1) is 0 Å². The van der Waals surface area contributed by atoms with Gasteiger partial charge in [0.25, 0.3) is 0 Å². The summed E-state index contributed by atoms with van der Waals surface area (Å²) in [5.74, 6) is -0.642. The first-order valence-electron chi connectivity index (χ1n) is 6.36. The molecule has 1 aliphatic heterocycles. The third-order valence-electron chi connectivity index (χ3n) is 3.35. The highest BCUT2D eigenvalue weighted by Crippen LogP contribution is 2.22. The van der Waals surface area contributed by atoms with Crippen molar-refractivity contribution >= 4 is 44.5 Å². The van der Waals surface area contributed by atoms with Crippen LogP contribution in [0.15, 0.2) is 6.33 Å². The second-order valence-corrected chi connectivity index (χ2v) is 7.44. The number of fused-ring (bicyclic) bond motifs is 1. The lowest BCUT2D eigenvalue weighted by Gasteiger charge is -2.20. The van der Waals surface area contributed by atoms with E-state index in [2.05, 4.69) is 25.3 Å². The van der Waals surface area contributed by atoms with Crippen molar-refractivity contribution in [2.75, 3.05) is 11.1 Å². The normalized spacial score (nSPS) is 21.3. The van der Waals surface area contributed by atoms with E-state index >= 15 is 0 Å². The first-order valence-corrected chi connectivity index (χ1v) is 8.46. The van der Waals surface area contributed by atoms with Gasteiger partial charge in [-0.2, -0.15) is 9.97 Å². The number of rotatable bonds is 2. The summed E-state index contributed by atoms with van der Waals surface area (Å²) in [6.45, 7) is 0. The fraction of sp³-hybridized carbons (Fsp3) is 0.455. The van der Waals surface area contributed by atoms with Crippen LogP contribution in [0.3, 0.4) is 0 Å². The van der Waals surface area contributed by atoms with Crippen LogP contribution in [0.4, 0.5) is 5.95 Å². The molecule has 112 valence electrons. The number of hydrogen-bond donors (Lipinski definition) is 2. The van der Waals surface area contributed by atoms with E-state index in [4.69, 9.17) is 11.6 Å². The molecule has 0 spiro atoms. The van der Waals surface area contributed by atoms with E-state index in [1.54, 1.807) is 0 Å². The summed E-state index contributed by atoms with van der Waals surface area (Å²) in [5.41, 5.74) is 0.761. The summed E-state index contributed by atoms with van der Waals surface area (Å²) < 4.78 is 23.8. The van der Waals surface area contributed by atoms with Crippen molar-refractivity contribution in [2.45, 2.75) is 24.5 Å². The second kappa shape index (κ2) is 5.23. The zero-order valence-corrected chi connectivity index (χ0v) is 12.4. The van der Waals surface area contributed by atoms with Gasteiger partial charge in [-0.05, 0) is 12.8 Å². The Bertz CT molecular complexity index is 803. The summed E-state index contributed by atoms with van der Waals surface area (Å²) in [4.78, 5) is 26.7. The van der Waals surface area contributed by atoms with Crippen LogP contribution >= 0.6 is 11.6 Å². The Labute approximate surface area is 125 Å². The number of hydrogen-bond acceptors (Lipinski definition) is 6. The van der Waals surface area contributed by atoms with Crippen LogP contribution in [-0.2, 0) is 14.6 Å². The quantitative estimate of drug-likeness (QED) is 0.791. The minimum Gasteiger partial charge on any atom is -0.341 e. The molecular weight excluding hydrogens is 318 g/mol. The van der Waals surface area contributed by atoms with Gasteiger partial charge in [0.15, 0.2) is 20.6 Å². The SMILES string of the molecule is O=C(Nc1nc(Cl)c2[nH]cnc2n1)C1CCCCS1(=O)=O. The first-order chi connectivity index (χ1) is 9.97. The predicted molar refractivity (Wildman–Crippen MR) is 76.7 cm³/mol. The first kappa shape index (κ1) is 14.2. The largest absolute Gasteiger partial charge is 0.341 e. The molecule has 1 amide bonds. The maximum Gasteiger partial charge on any atom is 0.245 e. The summed E-state index contributed by atoms with van der Waals surface area (Å²) in [5, 5.41) is 1.47. The number of aromatic nitrogens is 4. The average Bonchev–Trinajstić information content (AvgIpc) is 2.86. The van der Waals surface area contributed by atoms with Crippen LogP contribution < -0.4 is 5.32 Å². The van der Waals surface area contributed by atoms with Gasteiger partial charge in [0, 0.05) is 0 Å². The number of sulfone groups is 1. The molecule has 1 fully saturated rings. The van der Waals surface area contributed by atoms with Gasteiger partial charge in [0.1, 0.15) is 10.8 Å². The summed E-state index contributed by atoms with van der Waals surface area (Å²) in [6.07, 6.45) is 3.01. The molecule has 2 aromatic heterocycles. The molecule has 10 heteroatoms. The molecule has 1 unspecified atom stereocenters. The Balaban J connectivity index is 1.86. The highest BCUT2D eigenvalue weighted by atomic mass is 35.5. The lowest BCUT2D eigenvalue weighted by atomic mass is 10.2. The van der Waals surface area contributed by atoms with Crippen molar-refractivity contribution in [3.8, 4) is 0 Å². The highest BCUT2D eigenvalue weighted by Gasteiger charge is 2.35. The lowest BCUT2D eigenvalue weighted by Crippen LogP contribution is -2.39. The van der Waals surface area contributed by atoms with Crippen molar-refractivity contribution in [1.82, 2.24) is 19.9 Å². The molecular formula is C11H12ClN5O3S. The molecule has 0 radical (unpaired) electrons. The number of imidazole rings is 1. The van der Waals surface area contributed by atoms with Crippen molar-refractivity contribution < 1.29 is 13.2 Å². The molecule has 21 heavy (non-hydrogen) atoms. The van der Waals surface area contributed by atoms with Crippen LogP contribution in [0.2, 0.25) is 5.15 Å². The summed E-state index contributed by atoms with van der Waals surface area (Å²) >= 11 is 5.94. The van der Waals surface area contributed by atoms with Gasteiger partial charge in [-0.3, -0.25) is 10.1 Å². The standard InChI is InChI=1S/C11H12ClN5O3S/c12-8-7-9(14-5-13-7)16-11(15-8)17-10(18)6-3-1-2-4-21(6,19)20/h5-6H,1-4H2,(H2,13,14,15,16,17,18). The van der Waals surface area contributed by atoms with Crippen molar-refractivity contribution in [3.63, 3.8) is 0 Å². The van der Waals surface area contributed by atoms with Crippen LogP contribution in [0.25, 0.3) is 11.2 Å². The highest BCUT2D eigenvalue weighted by molar-refractivity contribution is 7.92. The molecule has 3 rings (SSSR count). The number of H-pyrrole nitrogens is 1. The van der Waals surface area contributed by atoms with Crippen molar-refractivity contribution in [2.24, 2.45) is 0 Å². The maximum absolute atomic E-state index is 12.1. The molecule has 0 aromatic carbocycles. The molecule has 1 atom stereocenters. The van der Waals surface area contributed by atoms with Gasteiger partial charge >= 0.3 is 0 Å². The zero-order chi connectivity index (χ0) is 15.0. The van der Waals surface area contributed by atoms with Gasteiger partial charge in [0.05, 0.1) is 12.1 Å². The van der Waals surface area contributed by atoms with Gasteiger partial charge in [-0.25, -0.2) is 13.4 Å². The average molecular weight is 330 g/mol. The van der Waals surface area contributed by atoms with Crippen LogP contribution in [0.5, 0.6) is 0 Å². The fourth-order valence-electron chi connectivity index (χ4n) is 2.29. The number of carbonyl (C=O) groups is 1. The smallest absolute Gasteiger partial charge is 0.245 e. The van der Waals surface area contributed by atoms with Crippen LogP contribution in [0.1, 0.15) is 19.3 Å². The predicted octanol–water partition coefficient (Wildman–Crippen LogP) is 0.912. The molecule has 0 bridgehead atoms. The number of anilines is 1. The molecule has 1 aliphatic rings. The monoisotopic (exact) mass is 329 g/mol. The number of nitrogens with zero attached hydrogens (tertiary/aromatic N) is 3. The van der Waals surface area contributed by atoms with Gasteiger partial charge in [0.2, 0.25) is 11.9 Å². The number of nitrogens with one attached hydrogen (secondary N) is 2. The molecule has 2 N–H and O–H groups in total. The summed E-state index contributed by atoms with van der Waals surface area (Å²) in [7, 11) is -3.41. The third-order valence-corrected chi connectivity index (χ3v) is 5.80. The van der Waals surface area contributed by atoms with E-state index < -0.39 is 21.0 Å².